The number of carbonyl (C=O) groups is 3. The number of aliphatic carboxylic acids is 1. The van der Waals surface area contributed by atoms with Crippen molar-refractivity contribution in [3.8, 4) is 0 Å². The number of oxime groups is 1. The van der Waals surface area contributed by atoms with Gasteiger partial charge in [0.05, 0.1) is 6.61 Å². The van der Waals surface area contributed by atoms with Crippen LogP contribution in [-0.2, 0) is 23.9 Å². The molecule has 162 valence electrons. The Balaban J connectivity index is 2.87. The van der Waals surface area contributed by atoms with Crippen LogP contribution in [-0.4, -0.2) is 51.6 Å². The summed E-state index contributed by atoms with van der Waals surface area (Å²) in [5.74, 6) is -2.07. The number of esters is 1. The number of carboxylic acid groups (broad SMARTS) is 1. The van der Waals surface area contributed by atoms with E-state index >= 15 is 0 Å². The molecule has 1 amide bonds. The second kappa shape index (κ2) is 10.2. The van der Waals surface area contributed by atoms with Gasteiger partial charge in [-0.25, -0.2) is 19.4 Å². The van der Waals surface area contributed by atoms with Crippen molar-refractivity contribution in [2.24, 2.45) is 5.16 Å². The largest absolute Gasteiger partial charge is 0.476 e. The molecule has 0 saturated carbocycles. The maximum absolute atomic E-state index is 12.1. The van der Waals surface area contributed by atoms with Gasteiger partial charge in [-0.2, -0.15) is 0 Å². The molecule has 0 bridgehead atoms. The second-order valence-corrected chi connectivity index (χ2v) is 8.36. The van der Waals surface area contributed by atoms with Crippen molar-refractivity contribution in [1.29, 1.82) is 0 Å². The minimum atomic E-state index is -1.48. The molecule has 29 heavy (non-hydrogen) atoms. The first-order valence-corrected chi connectivity index (χ1v) is 9.86. The van der Waals surface area contributed by atoms with Crippen molar-refractivity contribution >= 4 is 40.2 Å². The van der Waals surface area contributed by atoms with E-state index in [1.54, 1.807) is 20.8 Å². The zero-order valence-corrected chi connectivity index (χ0v) is 18.2. The lowest BCUT2D eigenvalue weighted by Gasteiger charge is -2.20. The summed E-state index contributed by atoms with van der Waals surface area (Å²) in [6, 6.07) is 0. The molecule has 0 aliphatic heterocycles. The van der Waals surface area contributed by atoms with Gasteiger partial charge in [0, 0.05) is 5.38 Å². The average molecular weight is 429 g/mol. The summed E-state index contributed by atoms with van der Waals surface area (Å²) in [6.45, 7) is 10.2. The number of nitrogens with zero attached hydrogens (tertiary/aromatic N) is 2. The van der Waals surface area contributed by atoms with Gasteiger partial charge in [-0.15, -0.1) is 11.3 Å². The SMILES string of the molecule is CCCCOC(=O)C(C)(C)O/N=C(\C(=O)O)c1csc(NC(=O)OC(C)(C)C)n1. The maximum Gasteiger partial charge on any atom is 0.413 e. The monoisotopic (exact) mass is 429 g/mol. The number of carbonyl (C=O) groups excluding carboxylic acids is 2. The van der Waals surface area contributed by atoms with Crippen molar-refractivity contribution in [2.75, 3.05) is 11.9 Å². The van der Waals surface area contributed by atoms with Crippen LogP contribution >= 0.6 is 11.3 Å². The lowest BCUT2D eigenvalue weighted by atomic mass is 10.1. The minimum Gasteiger partial charge on any atom is -0.476 e. The van der Waals surface area contributed by atoms with Gasteiger partial charge >= 0.3 is 18.0 Å². The highest BCUT2D eigenvalue weighted by atomic mass is 32.1. The molecule has 0 aliphatic rings. The van der Waals surface area contributed by atoms with E-state index in [9.17, 15) is 19.5 Å². The third kappa shape index (κ3) is 8.46. The third-order valence-corrected chi connectivity index (χ3v) is 3.90. The van der Waals surface area contributed by atoms with Crippen LogP contribution in [0, 0.1) is 0 Å². The average Bonchev–Trinajstić information content (AvgIpc) is 3.00. The highest BCUT2D eigenvalue weighted by Crippen LogP contribution is 2.19. The molecular formula is C18H27N3O7S. The number of thiazole rings is 1. The number of anilines is 1. The van der Waals surface area contributed by atoms with Crippen molar-refractivity contribution < 1.29 is 33.8 Å². The second-order valence-electron chi connectivity index (χ2n) is 7.50. The van der Waals surface area contributed by atoms with Crippen LogP contribution < -0.4 is 5.32 Å². The molecule has 0 radical (unpaired) electrons. The number of ether oxygens (including phenoxy) is 2. The molecule has 0 saturated heterocycles. The predicted molar refractivity (Wildman–Crippen MR) is 107 cm³/mol. The van der Waals surface area contributed by atoms with Crippen LogP contribution in [0.3, 0.4) is 0 Å². The molecule has 1 heterocycles. The fraction of sp³-hybridized carbons (Fsp3) is 0.611. The van der Waals surface area contributed by atoms with Gasteiger partial charge in [0.1, 0.15) is 11.3 Å². The Bertz CT molecular complexity index is 766. The number of carboxylic acids is 1. The van der Waals surface area contributed by atoms with E-state index in [2.05, 4.69) is 15.5 Å². The summed E-state index contributed by atoms with van der Waals surface area (Å²) in [4.78, 5) is 44.5. The molecule has 0 atom stereocenters. The van der Waals surface area contributed by atoms with Gasteiger partial charge in [-0.3, -0.25) is 5.32 Å². The number of rotatable bonds is 9. The topological polar surface area (TPSA) is 136 Å². The highest BCUT2D eigenvalue weighted by Gasteiger charge is 2.33. The number of hydrogen-bond donors (Lipinski definition) is 2. The Morgan fingerprint density at radius 3 is 2.45 bits per heavy atom. The van der Waals surface area contributed by atoms with Gasteiger partial charge in [0.25, 0.3) is 0 Å². The van der Waals surface area contributed by atoms with Gasteiger partial charge in [0.15, 0.2) is 5.13 Å². The number of amides is 1. The Labute approximate surface area is 173 Å². The van der Waals surface area contributed by atoms with E-state index in [0.717, 1.165) is 17.8 Å². The number of aromatic nitrogens is 1. The summed E-state index contributed by atoms with van der Waals surface area (Å²) in [7, 11) is 0. The number of unbranched alkanes of at least 4 members (excludes halogenated alkanes) is 1. The zero-order valence-electron chi connectivity index (χ0n) is 17.4. The van der Waals surface area contributed by atoms with Crippen LogP contribution in [0.5, 0.6) is 0 Å². The van der Waals surface area contributed by atoms with E-state index in [4.69, 9.17) is 14.3 Å². The van der Waals surface area contributed by atoms with Crippen LogP contribution in [0.4, 0.5) is 9.93 Å². The summed E-state index contributed by atoms with van der Waals surface area (Å²) in [5, 5.41) is 16.9. The summed E-state index contributed by atoms with van der Waals surface area (Å²) >= 11 is 0.988. The van der Waals surface area contributed by atoms with Gasteiger partial charge in [0.2, 0.25) is 11.3 Å². The Kier molecular flexibility index (Phi) is 8.56. The first-order valence-electron chi connectivity index (χ1n) is 8.98. The van der Waals surface area contributed by atoms with Crippen molar-refractivity contribution in [1.82, 2.24) is 4.98 Å². The molecule has 0 aliphatic carbocycles. The molecule has 0 unspecified atom stereocenters. The standard InChI is InChI=1S/C18H27N3O7S/c1-7-8-9-26-14(24)18(5,6)28-21-12(13(22)23)11-10-29-15(19-11)20-16(25)27-17(2,3)4/h10H,7-9H2,1-6H3,(H,22,23)(H,19,20,25)/b21-12-. The number of nitrogens with one attached hydrogen (secondary N) is 1. The quantitative estimate of drug-likeness (QED) is 0.264. The van der Waals surface area contributed by atoms with E-state index in [-0.39, 0.29) is 17.4 Å². The Hall–Kier alpha value is -2.69. The molecule has 2 N–H and O–H groups in total. The summed E-state index contributed by atoms with van der Waals surface area (Å²) < 4.78 is 10.2. The molecular weight excluding hydrogens is 402 g/mol. The van der Waals surface area contributed by atoms with Crippen molar-refractivity contribution in [3.05, 3.63) is 11.1 Å². The molecule has 0 spiro atoms. The van der Waals surface area contributed by atoms with Crippen LogP contribution in [0.2, 0.25) is 0 Å². The molecule has 10 nitrogen and oxygen atoms in total. The fourth-order valence-electron chi connectivity index (χ4n) is 1.71. The minimum absolute atomic E-state index is 0.0382. The van der Waals surface area contributed by atoms with Crippen molar-refractivity contribution in [3.63, 3.8) is 0 Å². The first kappa shape index (κ1) is 24.3. The lowest BCUT2D eigenvalue weighted by molar-refractivity contribution is -0.168. The Morgan fingerprint density at radius 1 is 1.24 bits per heavy atom. The molecule has 0 aromatic carbocycles. The lowest BCUT2D eigenvalue weighted by Crippen LogP contribution is -2.36. The highest BCUT2D eigenvalue weighted by molar-refractivity contribution is 7.14. The van der Waals surface area contributed by atoms with Crippen LogP contribution in [0.15, 0.2) is 10.5 Å². The Morgan fingerprint density at radius 2 is 1.90 bits per heavy atom. The van der Waals surface area contributed by atoms with E-state index in [1.807, 2.05) is 6.92 Å². The van der Waals surface area contributed by atoms with E-state index < -0.39 is 34.9 Å². The van der Waals surface area contributed by atoms with Gasteiger partial charge < -0.3 is 19.4 Å². The van der Waals surface area contributed by atoms with Crippen molar-refractivity contribution in [2.45, 2.75) is 65.6 Å². The van der Waals surface area contributed by atoms with Crippen LogP contribution in [0.1, 0.15) is 60.1 Å². The summed E-state index contributed by atoms with van der Waals surface area (Å²) in [5.41, 5.74) is -2.73. The third-order valence-electron chi connectivity index (χ3n) is 3.15. The molecule has 1 rings (SSSR count). The van der Waals surface area contributed by atoms with E-state index in [0.29, 0.717) is 6.42 Å². The van der Waals surface area contributed by atoms with Gasteiger partial charge in [-0.05, 0) is 41.0 Å². The molecule has 1 aromatic heterocycles. The molecule has 11 heteroatoms. The van der Waals surface area contributed by atoms with Crippen LogP contribution in [0.25, 0.3) is 0 Å². The predicted octanol–water partition coefficient (Wildman–Crippen LogP) is 3.42. The normalized spacial score (nSPS) is 12.3. The smallest absolute Gasteiger partial charge is 0.413 e. The molecule has 0 fully saturated rings. The first-order chi connectivity index (χ1) is 13.4. The summed E-state index contributed by atoms with van der Waals surface area (Å²) in [6.07, 6.45) is 0.844. The molecule has 1 aromatic rings. The maximum atomic E-state index is 12.1. The fourth-order valence-corrected chi connectivity index (χ4v) is 2.39. The number of hydrogen-bond acceptors (Lipinski definition) is 9. The van der Waals surface area contributed by atoms with Gasteiger partial charge in [-0.1, -0.05) is 18.5 Å². The van der Waals surface area contributed by atoms with E-state index in [1.165, 1.54) is 19.2 Å². The zero-order chi connectivity index (χ0) is 22.2.